The minimum absolute atomic E-state index is 0.0762. The molecule has 1 aliphatic rings. The molecule has 0 bridgehead atoms. The molecule has 4 rings (SSSR count). The maximum atomic E-state index is 13.1. The van der Waals surface area contributed by atoms with Gasteiger partial charge in [-0.3, -0.25) is 4.79 Å². The summed E-state index contributed by atoms with van der Waals surface area (Å²) < 4.78 is 49.7. The molecule has 8 heteroatoms. The van der Waals surface area contributed by atoms with Crippen molar-refractivity contribution in [2.75, 3.05) is 20.2 Å². The molecule has 3 aromatic rings. The second-order valence-corrected chi connectivity index (χ2v) is 10.4. The van der Waals surface area contributed by atoms with E-state index in [2.05, 4.69) is 0 Å². The summed E-state index contributed by atoms with van der Waals surface area (Å²) in [6, 6.07) is 20.1. The Labute approximate surface area is 198 Å². The lowest BCUT2D eigenvalue weighted by Crippen LogP contribution is -2.56. The molecule has 1 amide bonds. The molecule has 1 saturated heterocycles. The predicted octanol–water partition coefficient (Wildman–Crippen LogP) is 4.03. The van der Waals surface area contributed by atoms with E-state index in [9.17, 15) is 17.6 Å². The van der Waals surface area contributed by atoms with Crippen molar-refractivity contribution in [3.8, 4) is 11.5 Å². The minimum atomic E-state index is -3.59. The van der Waals surface area contributed by atoms with Crippen LogP contribution < -0.4 is 9.47 Å². The average molecular weight is 484 g/mol. The van der Waals surface area contributed by atoms with Gasteiger partial charge in [0.05, 0.1) is 12.0 Å². The van der Waals surface area contributed by atoms with Gasteiger partial charge >= 0.3 is 0 Å². The molecule has 6 nitrogen and oxygen atoms in total. The van der Waals surface area contributed by atoms with Crippen LogP contribution in [0, 0.1) is 5.82 Å². The molecule has 1 aliphatic heterocycles. The van der Waals surface area contributed by atoms with Gasteiger partial charge < -0.3 is 14.4 Å². The van der Waals surface area contributed by atoms with Gasteiger partial charge in [0.15, 0.2) is 21.3 Å². The van der Waals surface area contributed by atoms with Crippen molar-refractivity contribution < 1.29 is 27.1 Å². The summed E-state index contributed by atoms with van der Waals surface area (Å²) in [7, 11) is -2.01. The van der Waals surface area contributed by atoms with Gasteiger partial charge in [-0.25, -0.2) is 12.8 Å². The lowest BCUT2D eigenvalue weighted by Gasteiger charge is -2.38. The third kappa shape index (κ3) is 5.39. The van der Waals surface area contributed by atoms with E-state index in [1.807, 2.05) is 48.5 Å². The molecule has 178 valence electrons. The van der Waals surface area contributed by atoms with Gasteiger partial charge in [0.2, 0.25) is 5.91 Å². The molecule has 0 unspecified atom stereocenters. The number of halogens is 1. The number of benzene rings is 3. The Morgan fingerprint density at radius 3 is 2.35 bits per heavy atom. The van der Waals surface area contributed by atoms with E-state index in [4.69, 9.17) is 9.47 Å². The van der Waals surface area contributed by atoms with Gasteiger partial charge in [0.1, 0.15) is 17.7 Å². The third-order valence-corrected chi connectivity index (χ3v) is 7.98. The molecule has 0 aromatic heterocycles. The number of rotatable bonds is 9. The topological polar surface area (TPSA) is 72.9 Å². The first kappa shape index (κ1) is 23.8. The molecule has 0 atom stereocenters. The van der Waals surface area contributed by atoms with E-state index >= 15 is 0 Å². The zero-order chi connectivity index (χ0) is 24.1. The number of hydrogen-bond acceptors (Lipinski definition) is 5. The maximum Gasteiger partial charge on any atom is 0.222 e. The minimum Gasteiger partial charge on any atom is -0.493 e. The zero-order valence-electron chi connectivity index (χ0n) is 18.8. The van der Waals surface area contributed by atoms with E-state index in [0.29, 0.717) is 24.5 Å². The van der Waals surface area contributed by atoms with Crippen LogP contribution in [0.4, 0.5) is 4.39 Å². The third-order valence-electron chi connectivity index (χ3n) is 5.87. The molecule has 34 heavy (non-hydrogen) atoms. The quantitative estimate of drug-likeness (QED) is 0.430. The van der Waals surface area contributed by atoms with Gasteiger partial charge in [-0.05, 0) is 53.9 Å². The number of ether oxygens (including phenoxy) is 2. The van der Waals surface area contributed by atoms with E-state index in [1.54, 1.807) is 12.0 Å². The fraction of sp³-hybridized carbons (Fsp3) is 0.269. The summed E-state index contributed by atoms with van der Waals surface area (Å²) in [4.78, 5) is 14.2. The molecule has 0 spiro atoms. The van der Waals surface area contributed by atoms with Crippen LogP contribution in [0.1, 0.15) is 17.5 Å². The number of carbonyl (C=O) groups excluding carboxylic acids is 1. The summed E-state index contributed by atoms with van der Waals surface area (Å²) in [5.74, 6) is 0.623. The summed E-state index contributed by atoms with van der Waals surface area (Å²) in [6.07, 6.45) is 0.754. The first-order valence-corrected chi connectivity index (χ1v) is 12.5. The van der Waals surface area contributed by atoms with Crippen LogP contribution in [0.5, 0.6) is 11.5 Å². The highest BCUT2D eigenvalue weighted by atomic mass is 32.2. The molecule has 1 heterocycles. The van der Waals surface area contributed by atoms with Gasteiger partial charge in [-0.15, -0.1) is 0 Å². The zero-order valence-corrected chi connectivity index (χ0v) is 19.6. The van der Waals surface area contributed by atoms with Gasteiger partial charge in [0.25, 0.3) is 0 Å². The number of likely N-dealkylation sites (tertiary alicyclic amines) is 1. The number of nitrogens with zero attached hydrogens (tertiary/aromatic N) is 1. The van der Waals surface area contributed by atoms with Crippen LogP contribution in [0.3, 0.4) is 0 Å². The average Bonchev–Trinajstić information content (AvgIpc) is 2.81. The lowest BCUT2D eigenvalue weighted by atomic mass is 10.1. The first-order chi connectivity index (χ1) is 16.4. The Morgan fingerprint density at radius 2 is 1.68 bits per heavy atom. The standard InChI is InChI=1S/C26H26FNO5S/c1-32-24-13-7-19(15-25(24)33-18-20-5-3-2-4-6-20)8-14-26(29)28-16-23(17-28)34(30,31)22-11-9-21(27)10-12-22/h2-7,9-13,15,23H,8,14,16-18H2,1H3. The van der Waals surface area contributed by atoms with Crippen LogP contribution in [0.25, 0.3) is 0 Å². The SMILES string of the molecule is COc1ccc(CCC(=O)N2CC(S(=O)(=O)c3ccc(F)cc3)C2)cc1OCc1ccccc1. The Kier molecular flexibility index (Phi) is 7.17. The fourth-order valence-electron chi connectivity index (χ4n) is 3.79. The molecule has 0 radical (unpaired) electrons. The largest absolute Gasteiger partial charge is 0.493 e. The predicted molar refractivity (Wildman–Crippen MR) is 126 cm³/mol. The Morgan fingerprint density at radius 1 is 0.971 bits per heavy atom. The van der Waals surface area contributed by atoms with Crippen LogP contribution >= 0.6 is 0 Å². The van der Waals surface area contributed by atoms with E-state index in [0.717, 1.165) is 23.3 Å². The second-order valence-electron chi connectivity index (χ2n) is 8.18. The molecule has 0 saturated carbocycles. The van der Waals surface area contributed by atoms with Crippen LogP contribution in [-0.2, 0) is 27.7 Å². The van der Waals surface area contributed by atoms with Crippen LogP contribution in [-0.4, -0.2) is 44.7 Å². The normalized spacial score (nSPS) is 13.9. The van der Waals surface area contributed by atoms with Crippen molar-refractivity contribution in [1.82, 2.24) is 4.90 Å². The van der Waals surface area contributed by atoms with Gasteiger partial charge in [-0.2, -0.15) is 0 Å². The summed E-state index contributed by atoms with van der Waals surface area (Å²) in [5, 5.41) is -0.666. The summed E-state index contributed by atoms with van der Waals surface area (Å²) in [5.41, 5.74) is 1.96. The molecule has 0 N–H and O–H groups in total. The highest BCUT2D eigenvalue weighted by Crippen LogP contribution is 2.30. The van der Waals surface area contributed by atoms with Crippen LogP contribution in [0.15, 0.2) is 77.7 Å². The Hall–Kier alpha value is -3.39. The highest BCUT2D eigenvalue weighted by Gasteiger charge is 2.40. The lowest BCUT2D eigenvalue weighted by molar-refractivity contribution is -0.134. The number of hydrogen-bond donors (Lipinski definition) is 0. The molecule has 1 fully saturated rings. The summed E-state index contributed by atoms with van der Waals surface area (Å²) in [6.45, 7) is 0.691. The van der Waals surface area contributed by atoms with Crippen molar-refractivity contribution in [3.05, 3.63) is 89.7 Å². The Bertz CT molecular complexity index is 1240. The van der Waals surface area contributed by atoms with Crippen molar-refractivity contribution in [3.63, 3.8) is 0 Å². The maximum absolute atomic E-state index is 13.1. The van der Waals surface area contributed by atoms with E-state index < -0.39 is 20.9 Å². The number of amides is 1. The smallest absolute Gasteiger partial charge is 0.222 e. The van der Waals surface area contributed by atoms with Gasteiger partial charge in [-0.1, -0.05) is 36.4 Å². The van der Waals surface area contributed by atoms with Crippen molar-refractivity contribution in [1.29, 1.82) is 0 Å². The first-order valence-electron chi connectivity index (χ1n) is 11.0. The van der Waals surface area contributed by atoms with Crippen molar-refractivity contribution in [2.24, 2.45) is 0 Å². The monoisotopic (exact) mass is 483 g/mol. The van der Waals surface area contributed by atoms with E-state index in [-0.39, 0.29) is 30.3 Å². The Balaban J connectivity index is 1.31. The number of carbonyl (C=O) groups is 1. The molecular weight excluding hydrogens is 457 g/mol. The molecule has 0 aliphatic carbocycles. The van der Waals surface area contributed by atoms with Crippen molar-refractivity contribution >= 4 is 15.7 Å². The van der Waals surface area contributed by atoms with Gasteiger partial charge in [0, 0.05) is 19.5 Å². The van der Waals surface area contributed by atoms with Crippen molar-refractivity contribution in [2.45, 2.75) is 29.6 Å². The highest BCUT2D eigenvalue weighted by molar-refractivity contribution is 7.92. The van der Waals surface area contributed by atoms with Crippen LogP contribution in [0.2, 0.25) is 0 Å². The number of methoxy groups -OCH3 is 1. The molecule has 3 aromatic carbocycles. The number of sulfone groups is 1. The number of aryl methyl sites for hydroxylation is 1. The van der Waals surface area contributed by atoms with E-state index in [1.165, 1.54) is 12.1 Å². The summed E-state index contributed by atoms with van der Waals surface area (Å²) >= 11 is 0. The molecular formula is C26H26FNO5S. The second kappa shape index (κ2) is 10.3. The fourth-order valence-corrected chi connectivity index (χ4v) is 5.44.